The SMILES string of the molecule is CC1(C)c2ccccc2-c2c(N(c3ccc(-c4ccccc4)cc3)c3c4c(cc5ccccc35)-c3cc5ccccc5cc3-4)cccc21. The van der Waals surface area contributed by atoms with E-state index < -0.39 is 0 Å². The Balaban J connectivity index is 1.29. The van der Waals surface area contributed by atoms with Gasteiger partial charge in [-0.25, -0.2) is 0 Å². The maximum absolute atomic E-state index is 2.56. The first kappa shape index (κ1) is 27.2. The van der Waals surface area contributed by atoms with Crippen molar-refractivity contribution in [2.75, 3.05) is 4.90 Å². The van der Waals surface area contributed by atoms with Gasteiger partial charge in [0.15, 0.2) is 0 Å². The van der Waals surface area contributed by atoms with Gasteiger partial charge in [-0.3, -0.25) is 0 Å². The fourth-order valence-corrected chi connectivity index (χ4v) is 8.40. The highest BCUT2D eigenvalue weighted by Crippen LogP contribution is 2.60. The monoisotopic (exact) mass is 611 g/mol. The summed E-state index contributed by atoms with van der Waals surface area (Å²) in [7, 11) is 0. The second-order valence-corrected chi connectivity index (χ2v) is 13.7. The Hall–Kier alpha value is -5.92. The van der Waals surface area contributed by atoms with E-state index in [1.165, 1.54) is 88.6 Å². The van der Waals surface area contributed by atoms with Crippen molar-refractivity contribution >= 4 is 38.6 Å². The average molecular weight is 612 g/mol. The number of hydrogen-bond acceptors (Lipinski definition) is 1. The summed E-state index contributed by atoms with van der Waals surface area (Å²) >= 11 is 0. The van der Waals surface area contributed by atoms with Gasteiger partial charge in [-0.2, -0.15) is 0 Å². The van der Waals surface area contributed by atoms with Crippen molar-refractivity contribution < 1.29 is 0 Å². The molecule has 0 N–H and O–H groups in total. The quantitative estimate of drug-likeness (QED) is 0.191. The van der Waals surface area contributed by atoms with Gasteiger partial charge in [-0.15, -0.1) is 0 Å². The summed E-state index contributed by atoms with van der Waals surface area (Å²) in [6, 6.07) is 60.6. The molecule has 8 aromatic carbocycles. The molecule has 0 heterocycles. The predicted octanol–water partition coefficient (Wildman–Crippen LogP) is 13.1. The Morgan fingerprint density at radius 3 is 1.81 bits per heavy atom. The average Bonchev–Trinajstić information content (AvgIpc) is 3.38. The molecule has 2 aliphatic rings. The fourth-order valence-electron chi connectivity index (χ4n) is 8.40. The van der Waals surface area contributed by atoms with Crippen LogP contribution in [0.2, 0.25) is 0 Å². The van der Waals surface area contributed by atoms with Crippen molar-refractivity contribution in [3.05, 3.63) is 175 Å². The highest BCUT2D eigenvalue weighted by Gasteiger charge is 2.39. The highest BCUT2D eigenvalue weighted by molar-refractivity contribution is 6.21. The molecule has 0 radical (unpaired) electrons. The van der Waals surface area contributed by atoms with E-state index in [0.29, 0.717) is 0 Å². The summed E-state index contributed by atoms with van der Waals surface area (Å²) in [5, 5.41) is 5.07. The van der Waals surface area contributed by atoms with Gasteiger partial charge >= 0.3 is 0 Å². The van der Waals surface area contributed by atoms with Gasteiger partial charge in [0.25, 0.3) is 0 Å². The van der Waals surface area contributed by atoms with Gasteiger partial charge in [0, 0.05) is 27.6 Å². The molecule has 0 bridgehead atoms. The number of rotatable bonds is 4. The summed E-state index contributed by atoms with van der Waals surface area (Å²) in [6.07, 6.45) is 0. The minimum atomic E-state index is -0.0971. The number of fused-ring (bicyclic) bond motifs is 9. The first-order valence-electron chi connectivity index (χ1n) is 16.9. The van der Waals surface area contributed by atoms with E-state index in [1.54, 1.807) is 0 Å². The van der Waals surface area contributed by atoms with Crippen molar-refractivity contribution in [3.63, 3.8) is 0 Å². The third-order valence-corrected chi connectivity index (χ3v) is 10.7. The molecule has 2 aliphatic carbocycles. The first-order chi connectivity index (χ1) is 23.6. The summed E-state index contributed by atoms with van der Waals surface area (Å²) in [5.41, 5.74) is 16.7. The summed E-state index contributed by atoms with van der Waals surface area (Å²) in [5.74, 6) is 0. The molecule has 10 rings (SSSR count). The minimum Gasteiger partial charge on any atom is -0.309 e. The fraction of sp³-hybridized carbons (Fsp3) is 0.0638. The van der Waals surface area contributed by atoms with Crippen LogP contribution in [0.5, 0.6) is 0 Å². The Morgan fingerprint density at radius 1 is 0.417 bits per heavy atom. The molecule has 48 heavy (non-hydrogen) atoms. The molecule has 0 amide bonds. The number of benzene rings is 8. The zero-order valence-electron chi connectivity index (χ0n) is 27.0. The van der Waals surface area contributed by atoms with E-state index in [1.807, 2.05) is 0 Å². The zero-order valence-corrected chi connectivity index (χ0v) is 27.0. The van der Waals surface area contributed by atoms with Crippen LogP contribution in [0.25, 0.3) is 66.1 Å². The first-order valence-corrected chi connectivity index (χ1v) is 16.9. The number of hydrogen-bond donors (Lipinski definition) is 0. The van der Waals surface area contributed by atoms with Crippen LogP contribution < -0.4 is 4.90 Å². The molecule has 0 aliphatic heterocycles. The van der Waals surface area contributed by atoms with Gasteiger partial charge < -0.3 is 4.90 Å². The molecule has 0 spiro atoms. The predicted molar refractivity (Wildman–Crippen MR) is 204 cm³/mol. The van der Waals surface area contributed by atoms with Crippen molar-refractivity contribution in [1.82, 2.24) is 0 Å². The lowest BCUT2D eigenvalue weighted by Gasteiger charge is -2.36. The smallest absolute Gasteiger partial charge is 0.0625 e. The third-order valence-electron chi connectivity index (χ3n) is 10.7. The summed E-state index contributed by atoms with van der Waals surface area (Å²) in [6.45, 7) is 4.73. The molecule has 0 saturated carbocycles. The second kappa shape index (κ2) is 10.0. The lowest BCUT2D eigenvalue weighted by Crippen LogP contribution is -2.17. The number of nitrogens with zero attached hydrogens (tertiary/aromatic N) is 1. The minimum absolute atomic E-state index is 0.0971. The van der Waals surface area contributed by atoms with Crippen LogP contribution >= 0.6 is 0 Å². The van der Waals surface area contributed by atoms with E-state index in [2.05, 4.69) is 183 Å². The van der Waals surface area contributed by atoms with E-state index in [9.17, 15) is 0 Å². The Kier molecular flexibility index (Phi) is 5.69. The van der Waals surface area contributed by atoms with Crippen LogP contribution in [0.4, 0.5) is 17.1 Å². The lowest BCUT2D eigenvalue weighted by molar-refractivity contribution is 0.660. The molecule has 8 aromatic rings. The molecule has 1 heteroatoms. The van der Waals surface area contributed by atoms with Gasteiger partial charge in [0.05, 0.1) is 11.4 Å². The molecule has 0 saturated heterocycles. The van der Waals surface area contributed by atoms with Gasteiger partial charge in [0.1, 0.15) is 0 Å². The standard InChI is InChI=1S/C47H33N/c1-47(2)41-20-11-10-19-37(41)45-42(47)21-12-22-43(45)48(35-25-23-31(24-26-35)30-13-4-3-5-14-30)46-36-18-9-8-17-34(36)29-40-38-27-32-15-6-7-16-33(32)28-39(38)44(40)46/h3-29H,1-2H3. The molecule has 0 atom stereocenters. The van der Waals surface area contributed by atoms with Crippen LogP contribution in [-0.4, -0.2) is 0 Å². The topological polar surface area (TPSA) is 3.24 Å². The summed E-state index contributed by atoms with van der Waals surface area (Å²) in [4.78, 5) is 2.56. The van der Waals surface area contributed by atoms with Crippen LogP contribution in [0, 0.1) is 0 Å². The highest BCUT2D eigenvalue weighted by atomic mass is 15.2. The Morgan fingerprint density at radius 2 is 1.02 bits per heavy atom. The van der Waals surface area contributed by atoms with E-state index in [0.717, 1.165) is 5.69 Å². The summed E-state index contributed by atoms with van der Waals surface area (Å²) < 4.78 is 0. The van der Waals surface area contributed by atoms with Crippen molar-refractivity contribution in [2.24, 2.45) is 0 Å². The lowest BCUT2D eigenvalue weighted by atomic mass is 9.76. The zero-order chi connectivity index (χ0) is 32.0. The van der Waals surface area contributed by atoms with Gasteiger partial charge in [-0.1, -0.05) is 141 Å². The van der Waals surface area contributed by atoms with Crippen molar-refractivity contribution in [3.8, 4) is 44.5 Å². The van der Waals surface area contributed by atoms with Crippen molar-refractivity contribution in [1.29, 1.82) is 0 Å². The molecule has 0 fully saturated rings. The van der Waals surface area contributed by atoms with E-state index in [-0.39, 0.29) is 5.41 Å². The van der Waals surface area contributed by atoms with E-state index in [4.69, 9.17) is 0 Å². The molecule has 226 valence electrons. The molecule has 0 unspecified atom stereocenters. The van der Waals surface area contributed by atoms with Crippen LogP contribution in [-0.2, 0) is 5.41 Å². The van der Waals surface area contributed by atoms with Gasteiger partial charge in [0.2, 0.25) is 0 Å². The van der Waals surface area contributed by atoms with Crippen LogP contribution in [0.3, 0.4) is 0 Å². The second-order valence-electron chi connectivity index (χ2n) is 13.7. The number of anilines is 3. The van der Waals surface area contributed by atoms with E-state index >= 15 is 0 Å². The van der Waals surface area contributed by atoms with Gasteiger partial charge in [-0.05, 0) is 97.1 Å². The molecular formula is C47H33N. The maximum Gasteiger partial charge on any atom is 0.0625 e. The third kappa shape index (κ3) is 3.79. The van der Waals surface area contributed by atoms with Crippen LogP contribution in [0.1, 0.15) is 25.0 Å². The normalized spacial score (nSPS) is 13.4. The Bertz CT molecular complexity index is 2570. The molecule has 1 nitrogen and oxygen atoms in total. The largest absolute Gasteiger partial charge is 0.309 e. The molecular weight excluding hydrogens is 579 g/mol. The molecule has 0 aromatic heterocycles. The maximum atomic E-state index is 2.56. The van der Waals surface area contributed by atoms with Crippen LogP contribution in [0.15, 0.2) is 164 Å². The van der Waals surface area contributed by atoms with Crippen molar-refractivity contribution in [2.45, 2.75) is 19.3 Å². The Labute approximate surface area is 281 Å².